The van der Waals surface area contributed by atoms with Crippen LogP contribution in [0.25, 0.3) is 0 Å². The topological polar surface area (TPSA) is 37.8 Å². The molecule has 0 saturated carbocycles. The van der Waals surface area contributed by atoms with Crippen molar-refractivity contribution in [2.75, 3.05) is 11.9 Å². The summed E-state index contributed by atoms with van der Waals surface area (Å²) in [5.41, 5.74) is 0. The molecule has 5 heteroatoms. The Morgan fingerprint density at radius 2 is 2.14 bits per heavy atom. The van der Waals surface area contributed by atoms with Crippen molar-refractivity contribution in [2.24, 2.45) is 5.92 Å². The summed E-state index contributed by atoms with van der Waals surface area (Å²) in [5, 5.41) is 3.69. The maximum atomic E-state index is 5.72. The highest BCUT2D eigenvalue weighted by Crippen LogP contribution is 2.14. The van der Waals surface area contributed by atoms with E-state index in [4.69, 9.17) is 23.2 Å². The number of nitrogens with one attached hydrogen (secondary N) is 1. The predicted octanol–water partition coefficient (Wildman–Crippen LogP) is 3.24. The van der Waals surface area contributed by atoms with Crippen LogP contribution in [0.2, 0.25) is 10.4 Å². The van der Waals surface area contributed by atoms with Gasteiger partial charge in [-0.05, 0) is 17.5 Å². The third-order valence-corrected chi connectivity index (χ3v) is 2.36. The van der Waals surface area contributed by atoms with E-state index >= 15 is 0 Å². The summed E-state index contributed by atoms with van der Waals surface area (Å²) >= 11 is 11.4. The van der Waals surface area contributed by atoms with Crippen LogP contribution in [0.1, 0.15) is 20.3 Å². The van der Waals surface area contributed by atoms with Gasteiger partial charge in [0.05, 0.1) is 0 Å². The third kappa shape index (κ3) is 3.68. The van der Waals surface area contributed by atoms with E-state index in [1.54, 1.807) is 6.07 Å². The summed E-state index contributed by atoms with van der Waals surface area (Å²) in [6.45, 7) is 5.17. The van der Waals surface area contributed by atoms with Gasteiger partial charge >= 0.3 is 0 Å². The normalized spacial score (nSPS) is 12.6. The van der Waals surface area contributed by atoms with E-state index in [1.165, 1.54) is 0 Å². The fourth-order valence-electron chi connectivity index (χ4n) is 0.904. The van der Waals surface area contributed by atoms with E-state index in [2.05, 4.69) is 29.1 Å². The molecule has 3 nitrogen and oxygen atoms in total. The Kier molecular flexibility index (Phi) is 4.42. The molecular formula is C9H13Cl2N3. The van der Waals surface area contributed by atoms with Crippen molar-refractivity contribution in [1.29, 1.82) is 0 Å². The molecule has 1 aromatic heterocycles. The number of hydrogen-bond acceptors (Lipinski definition) is 3. The van der Waals surface area contributed by atoms with E-state index in [-0.39, 0.29) is 5.28 Å². The van der Waals surface area contributed by atoms with Gasteiger partial charge in [-0.3, -0.25) is 0 Å². The molecule has 0 saturated heterocycles. The van der Waals surface area contributed by atoms with Gasteiger partial charge in [-0.2, -0.15) is 0 Å². The number of anilines is 1. The number of aromatic nitrogens is 2. The average molecular weight is 234 g/mol. The van der Waals surface area contributed by atoms with Crippen LogP contribution >= 0.6 is 23.2 Å². The van der Waals surface area contributed by atoms with E-state index < -0.39 is 0 Å². The minimum Gasteiger partial charge on any atom is -0.370 e. The number of nitrogens with zero attached hydrogens (tertiary/aromatic N) is 2. The molecule has 1 unspecified atom stereocenters. The third-order valence-electron chi connectivity index (χ3n) is 2.00. The van der Waals surface area contributed by atoms with Crippen molar-refractivity contribution in [2.45, 2.75) is 20.3 Å². The Morgan fingerprint density at radius 1 is 1.43 bits per heavy atom. The summed E-state index contributed by atoms with van der Waals surface area (Å²) in [6, 6.07) is 1.66. The van der Waals surface area contributed by atoms with Crippen LogP contribution in [0.15, 0.2) is 6.07 Å². The van der Waals surface area contributed by atoms with Crippen LogP contribution in [-0.4, -0.2) is 16.5 Å². The molecule has 14 heavy (non-hydrogen) atoms. The maximum Gasteiger partial charge on any atom is 0.225 e. The number of rotatable bonds is 4. The van der Waals surface area contributed by atoms with Crippen molar-refractivity contribution in [3.05, 3.63) is 16.5 Å². The predicted molar refractivity (Wildman–Crippen MR) is 60.0 cm³/mol. The lowest BCUT2D eigenvalue weighted by atomic mass is 10.1. The average Bonchev–Trinajstić information content (AvgIpc) is 2.12. The van der Waals surface area contributed by atoms with Gasteiger partial charge in [0.1, 0.15) is 11.0 Å². The van der Waals surface area contributed by atoms with Crippen molar-refractivity contribution in [3.8, 4) is 0 Å². The second-order valence-electron chi connectivity index (χ2n) is 3.24. The fraction of sp³-hybridized carbons (Fsp3) is 0.556. The quantitative estimate of drug-likeness (QED) is 0.641. The molecular weight excluding hydrogens is 221 g/mol. The zero-order chi connectivity index (χ0) is 10.6. The number of halogens is 2. The molecule has 0 aromatic carbocycles. The van der Waals surface area contributed by atoms with Gasteiger partial charge in [-0.1, -0.05) is 31.9 Å². The summed E-state index contributed by atoms with van der Waals surface area (Å²) in [5.74, 6) is 1.28. The standard InChI is InChI=1S/C9H13Cl2N3/c1-3-6(2)5-12-8-4-7(10)13-9(11)14-8/h4,6H,3,5H2,1-2H3,(H,12,13,14). The van der Waals surface area contributed by atoms with Gasteiger partial charge < -0.3 is 5.32 Å². The van der Waals surface area contributed by atoms with E-state index in [0.717, 1.165) is 13.0 Å². The van der Waals surface area contributed by atoms with Gasteiger partial charge in [-0.25, -0.2) is 9.97 Å². The molecule has 1 N–H and O–H groups in total. The molecule has 0 radical (unpaired) electrons. The molecule has 0 bridgehead atoms. The van der Waals surface area contributed by atoms with Gasteiger partial charge in [0.2, 0.25) is 5.28 Å². The highest BCUT2D eigenvalue weighted by molar-refractivity contribution is 6.32. The van der Waals surface area contributed by atoms with E-state index in [1.807, 2.05) is 0 Å². The second-order valence-corrected chi connectivity index (χ2v) is 3.96. The number of hydrogen-bond donors (Lipinski definition) is 1. The van der Waals surface area contributed by atoms with Crippen LogP contribution in [0.5, 0.6) is 0 Å². The Balaban J connectivity index is 2.58. The first-order valence-electron chi connectivity index (χ1n) is 4.55. The summed E-state index contributed by atoms with van der Waals surface area (Å²) in [4.78, 5) is 7.76. The Hall–Kier alpha value is -0.540. The molecule has 1 heterocycles. The summed E-state index contributed by atoms with van der Waals surface area (Å²) in [7, 11) is 0. The van der Waals surface area contributed by atoms with Crippen molar-refractivity contribution < 1.29 is 0 Å². The van der Waals surface area contributed by atoms with Gasteiger partial charge in [0.15, 0.2) is 0 Å². The van der Waals surface area contributed by atoms with Crippen LogP contribution in [0.4, 0.5) is 5.82 Å². The first-order chi connectivity index (χ1) is 6.61. The highest BCUT2D eigenvalue weighted by atomic mass is 35.5. The highest BCUT2D eigenvalue weighted by Gasteiger charge is 2.02. The van der Waals surface area contributed by atoms with Gasteiger partial charge in [-0.15, -0.1) is 0 Å². The first kappa shape index (κ1) is 11.5. The molecule has 78 valence electrons. The van der Waals surface area contributed by atoms with Crippen molar-refractivity contribution >= 4 is 29.0 Å². The van der Waals surface area contributed by atoms with Crippen molar-refractivity contribution in [3.63, 3.8) is 0 Å². The molecule has 0 aliphatic rings. The lowest BCUT2D eigenvalue weighted by Crippen LogP contribution is -2.11. The van der Waals surface area contributed by atoms with Gasteiger partial charge in [0, 0.05) is 12.6 Å². The smallest absolute Gasteiger partial charge is 0.225 e. The minimum atomic E-state index is 0.171. The Labute approximate surface area is 93.9 Å². The monoisotopic (exact) mass is 233 g/mol. The largest absolute Gasteiger partial charge is 0.370 e. The maximum absolute atomic E-state index is 5.72. The molecule has 1 aromatic rings. The molecule has 1 atom stereocenters. The Morgan fingerprint density at radius 3 is 2.71 bits per heavy atom. The molecule has 1 rings (SSSR count). The fourth-order valence-corrected chi connectivity index (χ4v) is 1.31. The molecule has 0 fully saturated rings. The van der Waals surface area contributed by atoms with Crippen LogP contribution in [0, 0.1) is 5.92 Å². The molecule has 0 spiro atoms. The van der Waals surface area contributed by atoms with Crippen LogP contribution in [0.3, 0.4) is 0 Å². The van der Waals surface area contributed by atoms with Crippen LogP contribution in [-0.2, 0) is 0 Å². The first-order valence-corrected chi connectivity index (χ1v) is 5.31. The van der Waals surface area contributed by atoms with Gasteiger partial charge in [0.25, 0.3) is 0 Å². The summed E-state index contributed by atoms with van der Waals surface area (Å²) < 4.78 is 0. The summed E-state index contributed by atoms with van der Waals surface area (Å²) in [6.07, 6.45) is 1.12. The molecule has 0 aliphatic carbocycles. The Bertz CT molecular complexity index is 284. The molecule has 0 aliphatic heterocycles. The zero-order valence-electron chi connectivity index (χ0n) is 8.22. The van der Waals surface area contributed by atoms with Crippen LogP contribution < -0.4 is 5.32 Å². The zero-order valence-corrected chi connectivity index (χ0v) is 9.73. The lowest BCUT2D eigenvalue weighted by molar-refractivity contribution is 0.592. The van der Waals surface area contributed by atoms with Crippen molar-refractivity contribution in [1.82, 2.24) is 9.97 Å². The van der Waals surface area contributed by atoms with E-state index in [0.29, 0.717) is 16.9 Å². The van der Waals surface area contributed by atoms with E-state index in [9.17, 15) is 0 Å². The second kappa shape index (κ2) is 5.37. The SMILES string of the molecule is CCC(C)CNc1cc(Cl)nc(Cl)n1. The lowest BCUT2D eigenvalue weighted by Gasteiger charge is -2.10. The minimum absolute atomic E-state index is 0.171. The molecule has 0 amide bonds.